The number of amides is 2. The molecule has 0 bridgehead atoms. The molecule has 0 unspecified atom stereocenters. The Labute approximate surface area is 205 Å². The van der Waals surface area contributed by atoms with Gasteiger partial charge in [-0.05, 0) is 61.9 Å². The molecule has 0 aliphatic carbocycles. The Morgan fingerprint density at radius 2 is 1.74 bits per heavy atom. The van der Waals surface area contributed by atoms with Gasteiger partial charge in [0.1, 0.15) is 0 Å². The van der Waals surface area contributed by atoms with Crippen LogP contribution >= 0.6 is 23.4 Å². The third-order valence-corrected chi connectivity index (χ3v) is 6.28. The standard InChI is InChI=1S/C25H21ClN4O3S/c1-15-7-12-21(16(2)13-15)30-24(33)19-5-3-4-6-20(19)27-25(30)34-14-22(31)28-29-23(32)17-8-10-18(26)11-9-17/h3-13H,14H2,1-2H3,(H,28,31)(H,29,32). The lowest BCUT2D eigenvalue weighted by molar-refractivity contribution is -0.119. The van der Waals surface area contributed by atoms with E-state index in [0.29, 0.717) is 32.3 Å². The van der Waals surface area contributed by atoms with Gasteiger partial charge in [0.25, 0.3) is 11.5 Å². The average molecular weight is 493 g/mol. The number of aromatic nitrogens is 2. The summed E-state index contributed by atoms with van der Waals surface area (Å²) in [5.74, 6) is -0.968. The van der Waals surface area contributed by atoms with Crippen LogP contribution in [0.3, 0.4) is 0 Å². The molecule has 1 aromatic heterocycles. The number of nitrogens with zero attached hydrogens (tertiary/aromatic N) is 2. The van der Waals surface area contributed by atoms with Crippen molar-refractivity contribution in [1.82, 2.24) is 20.4 Å². The lowest BCUT2D eigenvalue weighted by atomic mass is 10.1. The van der Waals surface area contributed by atoms with Crippen LogP contribution < -0.4 is 16.4 Å². The molecule has 1 heterocycles. The third kappa shape index (κ3) is 5.13. The minimum Gasteiger partial charge on any atom is -0.272 e. The fourth-order valence-electron chi connectivity index (χ4n) is 3.44. The molecule has 9 heteroatoms. The fourth-order valence-corrected chi connectivity index (χ4v) is 4.38. The molecule has 4 aromatic rings. The summed E-state index contributed by atoms with van der Waals surface area (Å²) in [7, 11) is 0. The number of aryl methyl sites for hydroxylation is 2. The van der Waals surface area contributed by atoms with Crippen molar-refractivity contribution < 1.29 is 9.59 Å². The van der Waals surface area contributed by atoms with Gasteiger partial charge in [-0.15, -0.1) is 0 Å². The Balaban J connectivity index is 1.56. The normalized spacial score (nSPS) is 10.8. The predicted octanol–water partition coefficient (Wildman–Crippen LogP) is 4.21. The quantitative estimate of drug-likeness (QED) is 0.247. The van der Waals surface area contributed by atoms with Gasteiger partial charge in [0.15, 0.2) is 5.16 Å². The van der Waals surface area contributed by atoms with Gasteiger partial charge in [0.2, 0.25) is 5.91 Å². The Hall–Kier alpha value is -3.62. The van der Waals surface area contributed by atoms with Gasteiger partial charge < -0.3 is 0 Å². The molecule has 0 fully saturated rings. The third-order valence-electron chi connectivity index (χ3n) is 5.09. The number of nitrogens with one attached hydrogen (secondary N) is 2. The van der Waals surface area contributed by atoms with Crippen molar-refractivity contribution in [2.75, 3.05) is 5.75 Å². The maximum absolute atomic E-state index is 13.4. The summed E-state index contributed by atoms with van der Waals surface area (Å²) in [4.78, 5) is 42.6. The Kier molecular flexibility index (Phi) is 7.00. The van der Waals surface area contributed by atoms with Crippen LogP contribution in [0.4, 0.5) is 0 Å². The van der Waals surface area contributed by atoms with Crippen LogP contribution in [-0.4, -0.2) is 27.1 Å². The van der Waals surface area contributed by atoms with E-state index in [-0.39, 0.29) is 11.3 Å². The molecule has 0 radical (unpaired) electrons. The maximum Gasteiger partial charge on any atom is 0.269 e. The maximum atomic E-state index is 13.4. The number of rotatable bonds is 5. The number of para-hydroxylation sites is 1. The second-order valence-electron chi connectivity index (χ2n) is 7.64. The predicted molar refractivity (Wildman–Crippen MR) is 135 cm³/mol. The zero-order valence-electron chi connectivity index (χ0n) is 18.5. The number of carbonyl (C=O) groups excluding carboxylic acids is 2. The number of benzene rings is 3. The average Bonchev–Trinajstić information content (AvgIpc) is 2.82. The Morgan fingerprint density at radius 1 is 1.00 bits per heavy atom. The van der Waals surface area contributed by atoms with Crippen molar-refractivity contribution in [3.8, 4) is 5.69 Å². The first-order chi connectivity index (χ1) is 16.3. The largest absolute Gasteiger partial charge is 0.272 e. The number of halogens is 1. The number of fused-ring (bicyclic) bond motifs is 1. The van der Waals surface area contributed by atoms with E-state index in [1.165, 1.54) is 4.57 Å². The molecule has 0 saturated carbocycles. The van der Waals surface area contributed by atoms with E-state index in [0.717, 1.165) is 22.9 Å². The molecule has 0 spiro atoms. The highest BCUT2D eigenvalue weighted by Gasteiger charge is 2.16. The molecule has 0 saturated heterocycles. The molecule has 0 atom stereocenters. The minimum atomic E-state index is -0.467. The highest BCUT2D eigenvalue weighted by Crippen LogP contribution is 2.23. The van der Waals surface area contributed by atoms with E-state index in [4.69, 9.17) is 11.6 Å². The van der Waals surface area contributed by atoms with Crippen molar-refractivity contribution in [2.24, 2.45) is 0 Å². The molecule has 7 nitrogen and oxygen atoms in total. The monoisotopic (exact) mass is 492 g/mol. The van der Waals surface area contributed by atoms with Gasteiger partial charge in [-0.25, -0.2) is 4.98 Å². The zero-order valence-corrected chi connectivity index (χ0v) is 20.0. The molecule has 2 amide bonds. The van der Waals surface area contributed by atoms with E-state index in [1.54, 1.807) is 42.5 Å². The molecule has 4 rings (SSSR count). The molecule has 0 aliphatic heterocycles. The second kappa shape index (κ2) is 10.1. The Morgan fingerprint density at radius 3 is 2.47 bits per heavy atom. The SMILES string of the molecule is Cc1ccc(-n2c(SCC(=O)NNC(=O)c3ccc(Cl)cc3)nc3ccccc3c2=O)c(C)c1. The minimum absolute atomic E-state index is 0.0589. The van der Waals surface area contributed by atoms with Gasteiger partial charge in [-0.2, -0.15) is 0 Å². The van der Waals surface area contributed by atoms with Crippen molar-refractivity contribution in [3.05, 3.63) is 98.8 Å². The number of thioether (sulfide) groups is 1. The number of hydrogen-bond donors (Lipinski definition) is 2. The first kappa shape index (κ1) is 23.5. The summed E-state index contributed by atoms with van der Waals surface area (Å²) in [5, 5.41) is 1.39. The topological polar surface area (TPSA) is 93.1 Å². The van der Waals surface area contributed by atoms with Gasteiger partial charge in [-0.1, -0.05) is 53.2 Å². The van der Waals surface area contributed by atoms with Crippen molar-refractivity contribution in [2.45, 2.75) is 19.0 Å². The zero-order chi connectivity index (χ0) is 24.2. The Bertz CT molecular complexity index is 1450. The molecular weight excluding hydrogens is 472 g/mol. The van der Waals surface area contributed by atoms with Crippen LogP contribution in [0.25, 0.3) is 16.6 Å². The first-order valence-electron chi connectivity index (χ1n) is 10.4. The van der Waals surface area contributed by atoms with Crippen molar-refractivity contribution in [1.29, 1.82) is 0 Å². The van der Waals surface area contributed by atoms with Crippen LogP contribution in [0.2, 0.25) is 5.02 Å². The van der Waals surface area contributed by atoms with Gasteiger partial charge >= 0.3 is 0 Å². The smallest absolute Gasteiger partial charge is 0.269 e. The number of carbonyl (C=O) groups is 2. The summed E-state index contributed by atoms with van der Waals surface area (Å²) < 4.78 is 1.53. The highest BCUT2D eigenvalue weighted by atomic mass is 35.5. The van der Waals surface area contributed by atoms with Crippen LogP contribution in [0.15, 0.2) is 76.7 Å². The van der Waals surface area contributed by atoms with E-state index >= 15 is 0 Å². The van der Waals surface area contributed by atoms with Gasteiger partial charge in [-0.3, -0.25) is 29.8 Å². The molecule has 2 N–H and O–H groups in total. The summed E-state index contributed by atoms with van der Waals surface area (Å²) in [6.07, 6.45) is 0. The summed E-state index contributed by atoms with van der Waals surface area (Å²) >= 11 is 6.94. The number of hydrazine groups is 1. The van der Waals surface area contributed by atoms with E-state index in [2.05, 4.69) is 15.8 Å². The van der Waals surface area contributed by atoms with E-state index in [1.807, 2.05) is 38.1 Å². The first-order valence-corrected chi connectivity index (χ1v) is 11.8. The molecule has 3 aromatic carbocycles. The van der Waals surface area contributed by atoms with Crippen molar-refractivity contribution >= 4 is 46.1 Å². The molecule has 0 aliphatic rings. The van der Waals surface area contributed by atoms with E-state index in [9.17, 15) is 14.4 Å². The van der Waals surface area contributed by atoms with Crippen molar-refractivity contribution in [3.63, 3.8) is 0 Å². The lowest BCUT2D eigenvalue weighted by Crippen LogP contribution is -2.42. The van der Waals surface area contributed by atoms with Gasteiger partial charge in [0, 0.05) is 10.6 Å². The number of hydrogen-bond acceptors (Lipinski definition) is 5. The second-order valence-corrected chi connectivity index (χ2v) is 9.02. The highest BCUT2D eigenvalue weighted by molar-refractivity contribution is 7.99. The lowest BCUT2D eigenvalue weighted by Gasteiger charge is -2.15. The summed E-state index contributed by atoms with van der Waals surface area (Å²) in [6, 6.07) is 19.2. The molecule has 34 heavy (non-hydrogen) atoms. The van der Waals surface area contributed by atoms with Crippen LogP contribution in [0.5, 0.6) is 0 Å². The molecule has 172 valence electrons. The summed E-state index contributed by atoms with van der Waals surface area (Å²) in [6.45, 7) is 3.91. The fraction of sp³-hybridized carbons (Fsp3) is 0.120. The van der Waals surface area contributed by atoms with Gasteiger partial charge in [0.05, 0.1) is 22.3 Å². The summed E-state index contributed by atoms with van der Waals surface area (Å²) in [5.41, 5.74) is 8.15. The van der Waals surface area contributed by atoms with Crippen LogP contribution in [0, 0.1) is 13.8 Å². The van der Waals surface area contributed by atoms with Crippen LogP contribution in [0.1, 0.15) is 21.5 Å². The van der Waals surface area contributed by atoms with E-state index < -0.39 is 11.8 Å². The molecular formula is C25H21ClN4O3S. The van der Waals surface area contributed by atoms with Crippen LogP contribution in [-0.2, 0) is 4.79 Å².